The Labute approximate surface area is 176 Å². The molecule has 2 aromatic rings. The summed E-state index contributed by atoms with van der Waals surface area (Å²) in [5.74, 6) is 3.14. The molecule has 1 N–H and O–H groups in total. The molecule has 0 bridgehead atoms. The molecule has 2 saturated carbocycles. The summed E-state index contributed by atoms with van der Waals surface area (Å²) in [6, 6.07) is 9.50. The van der Waals surface area contributed by atoms with Crippen molar-refractivity contribution in [2.24, 2.45) is 11.8 Å². The van der Waals surface area contributed by atoms with Crippen LogP contribution < -0.4 is 10.1 Å². The van der Waals surface area contributed by atoms with Gasteiger partial charge in [-0.25, -0.2) is 4.98 Å². The maximum absolute atomic E-state index is 13.1. The Balaban J connectivity index is 1.58. The molecule has 0 aliphatic heterocycles. The monoisotopic (exact) mass is 409 g/mol. The van der Waals surface area contributed by atoms with Gasteiger partial charge >= 0.3 is 0 Å². The van der Waals surface area contributed by atoms with E-state index in [0.717, 1.165) is 31.5 Å². The molecule has 1 heterocycles. The van der Waals surface area contributed by atoms with Gasteiger partial charge < -0.3 is 10.1 Å². The van der Waals surface area contributed by atoms with Crippen molar-refractivity contribution in [1.82, 2.24) is 15.3 Å². The quantitative estimate of drug-likeness (QED) is 0.652. The summed E-state index contributed by atoms with van der Waals surface area (Å²) in [4.78, 5) is 22.2. The van der Waals surface area contributed by atoms with E-state index in [1.54, 1.807) is 18.0 Å². The molecule has 6 heteroatoms. The SMILES string of the molecule is CS/C=C/C(NC(=O)c1cnc(C2CC(C)C2)nc1Oc1ccccc1)C1CC1. The molecular weight excluding hydrogens is 382 g/mol. The first-order valence-electron chi connectivity index (χ1n) is 10.2. The van der Waals surface area contributed by atoms with Crippen molar-refractivity contribution in [3.63, 3.8) is 0 Å². The molecular formula is C23H27N3O2S. The van der Waals surface area contributed by atoms with Gasteiger partial charge in [-0.1, -0.05) is 31.2 Å². The highest BCUT2D eigenvalue weighted by Crippen LogP contribution is 2.40. The number of amides is 1. The van der Waals surface area contributed by atoms with E-state index in [-0.39, 0.29) is 11.9 Å². The van der Waals surface area contributed by atoms with Crippen LogP contribution in [0, 0.1) is 11.8 Å². The summed E-state index contributed by atoms with van der Waals surface area (Å²) in [6.07, 6.45) is 10.2. The highest BCUT2D eigenvalue weighted by atomic mass is 32.2. The number of para-hydroxylation sites is 1. The van der Waals surface area contributed by atoms with Crippen LogP contribution in [0.5, 0.6) is 11.6 Å². The number of aromatic nitrogens is 2. The maximum atomic E-state index is 13.1. The Morgan fingerprint density at radius 1 is 1.28 bits per heavy atom. The number of hydrogen-bond donors (Lipinski definition) is 1. The topological polar surface area (TPSA) is 64.1 Å². The van der Waals surface area contributed by atoms with Gasteiger partial charge in [-0.05, 0) is 61.3 Å². The van der Waals surface area contributed by atoms with Gasteiger partial charge in [0.1, 0.15) is 17.1 Å². The van der Waals surface area contributed by atoms with Crippen molar-refractivity contribution < 1.29 is 9.53 Å². The number of nitrogens with one attached hydrogen (secondary N) is 1. The van der Waals surface area contributed by atoms with Crippen molar-refractivity contribution in [3.05, 3.63) is 59.4 Å². The van der Waals surface area contributed by atoms with Gasteiger partial charge in [0, 0.05) is 12.1 Å². The zero-order chi connectivity index (χ0) is 20.2. The lowest BCUT2D eigenvalue weighted by Gasteiger charge is -2.31. The van der Waals surface area contributed by atoms with Crippen LogP contribution in [-0.2, 0) is 0 Å². The molecule has 1 aromatic carbocycles. The third-order valence-electron chi connectivity index (χ3n) is 5.56. The van der Waals surface area contributed by atoms with Crippen molar-refractivity contribution in [2.45, 2.75) is 44.6 Å². The Bertz CT molecular complexity index is 877. The van der Waals surface area contributed by atoms with E-state index in [2.05, 4.69) is 28.3 Å². The summed E-state index contributed by atoms with van der Waals surface area (Å²) in [7, 11) is 0. The lowest BCUT2D eigenvalue weighted by Crippen LogP contribution is -2.35. The Hall–Kier alpha value is -2.34. The molecule has 5 nitrogen and oxygen atoms in total. The van der Waals surface area contributed by atoms with Gasteiger partial charge in [0.25, 0.3) is 5.91 Å². The Kier molecular flexibility index (Phi) is 6.19. The van der Waals surface area contributed by atoms with Crippen molar-refractivity contribution in [3.8, 4) is 11.6 Å². The second-order valence-electron chi connectivity index (χ2n) is 8.04. The molecule has 0 radical (unpaired) electrons. The molecule has 2 fully saturated rings. The smallest absolute Gasteiger partial charge is 0.258 e. The number of carbonyl (C=O) groups is 1. The fraction of sp³-hybridized carbons (Fsp3) is 0.435. The molecule has 1 unspecified atom stereocenters. The number of thioether (sulfide) groups is 1. The van der Waals surface area contributed by atoms with E-state index in [4.69, 9.17) is 4.74 Å². The number of nitrogens with zero attached hydrogens (tertiary/aromatic N) is 2. The van der Waals surface area contributed by atoms with Crippen LogP contribution in [0.3, 0.4) is 0 Å². The molecule has 0 saturated heterocycles. The maximum Gasteiger partial charge on any atom is 0.258 e. The van der Waals surface area contributed by atoms with E-state index >= 15 is 0 Å². The van der Waals surface area contributed by atoms with Gasteiger partial charge in [-0.3, -0.25) is 4.79 Å². The van der Waals surface area contributed by atoms with E-state index in [1.165, 1.54) is 0 Å². The molecule has 2 aliphatic carbocycles. The molecule has 1 atom stereocenters. The zero-order valence-corrected chi connectivity index (χ0v) is 17.7. The summed E-state index contributed by atoms with van der Waals surface area (Å²) in [5, 5.41) is 5.17. The number of rotatable bonds is 8. The van der Waals surface area contributed by atoms with Crippen molar-refractivity contribution in [2.75, 3.05) is 6.26 Å². The van der Waals surface area contributed by atoms with Crippen LogP contribution in [0.15, 0.2) is 48.0 Å². The number of ether oxygens (including phenoxy) is 1. The lowest BCUT2D eigenvalue weighted by molar-refractivity contribution is 0.0937. The third kappa shape index (κ3) is 4.99. The average molecular weight is 410 g/mol. The highest BCUT2D eigenvalue weighted by Gasteiger charge is 2.33. The van der Waals surface area contributed by atoms with Gasteiger partial charge in [0.15, 0.2) is 0 Å². The van der Waals surface area contributed by atoms with E-state index in [1.807, 2.05) is 42.0 Å². The fourth-order valence-electron chi connectivity index (χ4n) is 3.69. The molecule has 1 aromatic heterocycles. The van der Waals surface area contributed by atoms with Crippen LogP contribution in [0.25, 0.3) is 0 Å². The fourth-order valence-corrected chi connectivity index (χ4v) is 4.02. The molecule has 2 aliphatic rings. The minimum absolute atomic E-state index is 0.0340. The van der Waals surface area contributed by atoms with Crippen LogP contribution in [0.2, 0.25) is 0 Å². The second kappa shape index (κ2) is 8.99. The predicted octanol–water partition coefficient (Wildman–Crippen LogP) is 5.17. The number of benzene rings is 1. The third-order valence-corrected chi connectivity index (χ3v) is 5.99. The molecule has 29 heavy (non-hydrogen) atoms. The first-order valence-corrected chi connectivity index (χ1v) is 11.5. The highest BCUT2D eigenvalue weighted by molar-refractivity contribution is 8.01. The molecule has 4 rings (SSSR count). The van der Waals surface area contributed by atoms with Crippen LogP contribution in [-0.4, -0.2) is 28.2 Å². The lowest BCUT2D eigenvalue weighted by atomic mass is 9.76. The minimum Gasteiger partial charge on any atom is -0.438 e. The van der Waals surface area contributed by atoms with E-state index in [9.17, 15) is 4.79 Å². The van der Waals surface area contributed by atoms with Crippen molar-refractivity contribution in [1.29, 1.82) is 0 Å². The van der Waals surface area contributed by atoms with Crippen LogP contribution in [0.4, 0.5) is 0 Å². The minimum atomic E-state index is -0.188. The first-order chi connectivity index (χ1) is 14.1. The van der Waals surface area contributed by atoms with Gasteiger partial charge in [-0.2, -0.15) is 4.98 Å². The molecule has 1 amide bonds. The second-order valence-corrected chi connectivity index (χ2v) is 8.78. The first kappa shape index (κ1) is 20.0. The van der Waals surface area contributed by atoms with Crippen LogP contribution in [0.1, 0.15) is 54.7 Å². The predicted molar refractivity (Wildman–Crippen MR) is 116 cm³/mol. The van der Waals surface area contributed by atoms with Gasteiger partial charge in [0.2, 0.25) is 5.88 Å². The average Bonchev–Trinajstić information content (AvgIpc) is 3.54. The summed E-state index contributed by atoms with van der Waals surface area (Å²) < 4.78 is 6.02. The van der Waals surface area contributed by atoms with Crippen molar-refractivity contribution >= 4 is 17.7 Å². The van der Waals surface area contributed by atoms with Crippen LogP contribution >= 0.6 is 11.8 Å². The normalized spacial score (nSPS) is 22.1. The largest absolute Gasteiger partial charge is 0.438 e. The van der Waals surface area contributed by atoms with Gasteiger partial charge in [-0.15, -0.1) is 11.8 Å². The number of carbonyl (C=O) groups excluding carboxylic acids is 1. The Morgan fingerprint density at radius 2 is 2.03 bits per heavy atom. The summed E-state index contributed by atoms with van der Waals surface area (Å²) >= 11 is 1.64. The van der Waals surface area contributed by atoms with Gasteiger partial charge in [0.05, 0.1) is 6.04 Å². The summed E-state index contributed by atoms with van der Waals surface area (Å²) in [6.45, 7) is 2.24. The van der Waals surface area contributed by atoms with E-state index in [0.29, 0.717) is 34.9 Å². The molecule has 152 valence electrons. The standard InChI is InChI=1S/C23H27N3O2S/c1-15-12-17(13-15)21-24-14-19(23(26-21)28-18-6-4-3-5-7-18)22(27)25-20(10-11-29-2)16-8-9-16/h3-7,10-11,14-17,20H,8-9,12-13H2,1-2H3,(H,25,27)/b11-10+. The zero-order valence-electron chi connectivity index (χ0n) is 16.9. The Morgan fingerprint density at radius 3 is 2.69 bits per heavy atom. The number of hydrogen-bond acceptors (Lipinski definition) is 5. The van der Waals surface area contributed by atoms with E-state index < -0.39 is 0 Å². The molecule has 0 spiro atoms. The summed E-state index contributed by atoms with van der Waals surface area (Å²) in [5.41, 5.74) is 0.383.